The Labute approximate surface area is 155 Å². The molecule has 1 aromatic rings. The van der Waals surface area contributed by atoms with E-state index in [1.165, 1.54) is 12.5 Å². The van der Waals surface area contributed by atoms with Crippen LogP contribution in [0.4, 0.5) is 4.79 Å². The number of rotatable bonds is 5. The molecule has 6 nitrogen and oxygen atoms in total. The van der Waals surface area contributed by atoms with Crippen LogP contribution in [0.25, 0.3) is 6.08 Å². The van der Waals surface area contributed by atoms with Crippen LogP contribution in [-0.2, 0) is 14.3 Å². The van der Waals surface area contributed by atoms with E-state index in [0.717, 1.165) is 35.7 Å². The van der Waals surface area contributed by atoms with Crippen LogP contribution in [0.15, 0.2) is 34.8 Å². The lowest BCUT2D eigenvalue weighted by Crippen LogP contribution is -2.46. The summed E-state index contributed by atoms with van der Waals surface area (Å²) in [5.41, 5.74) is 0.830. The molecule has 1 fully saturated rings. The molecule has 0 aliphatic heterocycles. The number of halogens is 1. The molecule has 1 aromatic carbocycles. The first-order chi connectivity index (χ1) is 12.0. The summed E-state index contributed by atoms with van der Waals surface area (Å²) in [5, 5.41) is 4.93. The molecule has 1 saturated carbocycles. The van der Waals surface area contributed by atoms with Gasteiger partial charge in [0.1, 0.15) is 0 Å². The number of esters is 1. The average molecular weight is 409 g/mol. The second kappa shape index (κ2) is 9.98. The zero-order valence-corrected chi connectivity index (χ0v) is 15.4. The van der Waals surface area contributed by atoms with Crippen LogP contribution < -0.4 is 10.6 Å². The molecule has 0 atom stereocenters. The fraction of sp³-hybridized carbons (Fsp3) is 0.389. The highest BCUT2D eigenvalue weighted by Crippen LogP contribution is 2.17. The number of nitrogens with one attached hydrogen (secondary N) is 2. The maximum absolute atomic E-state index is 11.7. The van der Waals surface area contributed by atoms with Crippen LogP contribution in [-0.4, -0.2) is 30.6 Å². The van der Waals surface area contributed by atoms with E-state index in [4.69, 9.17) is 4.74 Å². The highest BCUT2D eigenvalue weighted by atomic mass is 79.9. The lowest BCUT2D eigenvalue weighted by atomic mass is 9.96. The quantitative estimate of drug-likeness (QED) is 0.578. The Morgan fingerprint density at radius 2 is 1.80 bits per heavy atom. The van der Waals surface area contributed by atoms with Gasteiger partial charge in [-0.2, -0.15) is 0 Å². The van der Waals surface area contributed by atoms with Crippen LogP contribution in [0.5, 0.6) is 0 Å². The largest absolute Gasteiger partial charge is 0.452 e. The highest BCUT2D eigenvalue weighted by Gasteiger charge is 2.17. The number of urea groups is 1. The van der Waals surface area contributed by atoms with E-state index in [9.17, 15) is 14.4 Å². The number of imide groups is 1. The maximum atomic E-state index is 11.7. The van der Waals surface area contributed by atoms with Crippen molar-refractivity contribution in [3.63, 3.8) is 0 Å². The van der Waals surface area contributed by atoms with Crippen molar-refractivity contribution in [2.45, 2.75) is 38.1 Å². The van der Waals surface area contributed by atoms with Gasteiger partial charge in [0, 0.05) is 16.6 Å². The first-order valence-electron chi connectivity index (χ1n) is 8.23. The van der Waals surface area contributed by atoms with Crippen LogP contribution in [0.1, 0.15) is 37.7 Å². The van der Waals surface area contributed by atoms with Gasteiger partial charge >= 0.3 is 12.0 Å². The second-order valence-electron chi connectivity index (χ2n) is 5.85. The van der Waals surface area contributed by atoms with Gasteiger partial charge in [0.05, 0.1) is 0 Å². The molecule has 2 rings (SSSR count). The van der Waals surface area contributed by atoms with Crippen molar-refractivity contribution < 1.29 is 19.1 Å². The predicted molar refractivity (Wildman–Crippen MR) is 97.7 cm³/mol. The van der Waals surface area contributed by atoms with Crippen molar-refractivity contribution in [1.29, 1.82) is 0 Å². The van der Waals surface area contributed by atoms with E-state index in [1.807, 2.05) is 24.3 Å². The summed E-state index contributed by atoms with van der Waals surface area (Å²) in [5.74, 6) is -1.30. The Morgan fingerprint density at radius 1 is 1.12 bits per heavy atom. The summed E-state index contributed by atoms with van der Waals surface area (Å²) in [6.45, 7) is -0.498. The number of amides is 3. The van der Waals surface area contributed by atoms with Crippen molar-refractivity contribution in [3.05, 3.63) is 40.4 Å². The average Bonchev–Trinajstić information content (AvgIpc) is 2.60. The summed E-state index contributed by atoms with van der Waals surface area (Å²) in [7, 11) is 0. The van der Waals surface area contributed by atoms with Crippen molar-refractivity contribution in [2.24, 2.45) is 0 Å². The van der Waals surface area contributed by atoms with Gasteiger partial charge in [-0.15, -0.1) is 0 Å². The molecule has 2 N–H and O–H groups in total. The van der Waals surface area contributed by atoms with Crippen LogP contribution in [0, 0.1) is 0 Å². The van der Waals surface area contributed by atoms with Crippen molar-refractivity contribution in [2.75, 3.05) is 6.61 Å². The molecule has 25 heavy (non-hydrogen) atoms. The van der Waals surface area contributed by atoms with Gasteiger partial charge in [0.2, 0.25) is 0 Å². The molecule has 0 unspecified atom stereocenters. The van der Waals surface area contributed by atoms with Crippen LogP contribution in [0.2, 0.25) is 0 Å². The lowest BCUT2D eigenvalue weighted by molar-refractivity contribution is -0.143. The SMILES string of the molecule is O=C(COC(=O)/C=C/c1ccc(Br)cc1)NC(=O)NC1CCCCC1. The summed E-state index contributed by atoms with van der Waals surface area (Å²) in [6, 6.07) is 6.93. The zero-order valence-electron chi connectivity index (χ0n) is 13.8. The minimum atomic E-state index is -0.654. The number of carbonyl (C=O) groups is 3. The Morgan fingerprint density at radius 3 is 2.48 bits per heavy atom. The molecule has 0 bridgehead atoms. The number of hydrogen-bond donors (Lipinski definition) is 2. The fourth-order valence-corrected chi connectivity index (χ4v) is 2.82. The first kappa shape index (κ1) is 19.2. The van der Waals surface area contributed by atoms with E-state index in [1.54, 1.807) is 6.08 Å². The van der Waals surface area contributed by atoms with Gasteiger partial charge in [0.25, 0.3) is 5.91 Å². The summed E-state index contributed by atoms with van der Waals surface area (Å²) < 4.78 is 5.75. The molecule has 0 saturated heterocycles. The van der Waals surface area contributed by atoms with Gasteiger partial charge in [-0.3, -0.25) is 10.1 Å². The summed E-state index contributed by atoms with van der Waals surface area (Å²) in [6.07, 6.45) is 8.03. The molecule has 0 heterocycles. The van der Waals surface area contributed by atoms with E-state index in [-0.39, 0.29) is 6.04 Å². The summed E-state index contributed by atoms with van der Waals surface area (Å²) >= 11 is 3.32. The molecule has 7 heteroatoms. The van der Waals surface area contributed by atoms with Crippen LogP contribution in [0.3, 0.4) is 0 Å². The minimum Gasteiger partial charge on any atom is -0.452 e. The van der Waals surface area contributed by atoms with Gasteiger partial charge < -0.3 is 10.1 Å². The van der Waals surface area contributed by atoms with Crippen molar-refractivity contribution in [3.8, 4) is 0 Å². The molecular formula is C18H21BrN2O4. The lowest BCUT2D eigenvalue weighted by Gasteiger charge is -2.22. The third-order valence-electron chi connectivity index (χ3n) is 3.82. The highest BCUT2D eigenvalue weighted by molar-refractivity contribution is 9.10. The minimum absolute atomic E-state index is 0.109. The third kappa shape index (κ3) is 7.51. The van der Waals surface area contributed by atoms with Gasteiger partial charge in [-0.1, -0.05) is 47.3 Å². The molecule has 0 aromatic heterocycles. The maximum Gasteiger partial charge on any atom is 0.331 e. The molecule has 3 amide bonds. The molecule has 134 valence electrons. The van der Waals surface area contributed by atoms with Crippen molar-refractivity contribution in [1.82, 2.24) is 10.6 Å². The second-order valence-corrected chi connectivity index (χ2v) is 6.76. The molecular weight excluding hydrogens is 388 g/mol. The number of carbonyl (C=O) groups excluding carboxylic acids is 3. The van der Waals surface area contributed by atoms with E-state index in [2.05, 4.69) is 26.6 Å². The smallest absolute Gasteiger partial charge is 0.331 e. The predicted octanol–water partition coefficient (Wildman–Crippen LogP) is 3.16. The molecule has 0 spiro atoms. The van der Waals surface area contributed by atoms with Gasteiger partial charge in [-0.25, -0.2) is 9.59 Å². The monoisotopic (exact) mass is 408 g/mol. The molecule has 1 aliphatic rings. The van der Waals surface area contributed by atoms with Gasteiger partial charge in [-0.05, 0) is 36.6 Å². The summed E-state index contributed by atoms with van der Waals surface area (Å²) in [4.78, 5) is 34.9. The number of ether oxygens (including phenoxy) is 1. The number of hydrogen-bond acceptors (Lipinski definition) is 4. The Balaban J connectivity index is 1.67. The van der Waals surface area contributed by atoms with Gasteiger partial charge in [0.15, 0.2) is 6.61 Å². The molecule has 0 radical (unpaired) electrons. The Kier molecular flexibility index (Phi) is 7.66. The Bertz CT molecular complexity index is 637. The fourth-order valence-electron chi connectivity index (χ4n) is 2.55. The van der Waals surface area contributed by atoms with Crippen LogP contribution >= 0.6 is 15.9 Å². The number of benzene rings is 1. The Hall–Kier alpha value is -2.15. The first-order valence-corrected chi connectivity index (χ1v) is 9.03. The van der Waals surface area contributed by atoms with E-state index < -0.39 is 24.5 Å². The topological polar surface area (TPSA) is 84.5 Å². The van der Waals surface area contributed by atoms with E-state index in [0.29, 0.717) is 0 Å². The van der Waals surface area contributed by atoms with E-state index >= 15 is 0 Å². The van der Waals surface area contributed by atoms with Crippen molar-refractivity contribution >= 4 is 39.9 Å². The third-order valence-corrected chi connectivity index (χ3v) is 4.35. The zero-order chi connectivity index (χ0) is 18.1. The molecule has 1 aliphatic carbocycles. The normalized spacial score (nSPS) is 14.9. The standard InChI is InChI=1S/C18H21BrN2O4/c19-14-9-6-13(7-10-14)8-11-17(23)25-12-16(22)21-18(24)20-15-4-2-1-3-5-15/h6-11,15H,1-5,12H2,(H2,20,21,22,24)/b11-8+.